The van der Waals surface area contributed by atoms with E-state index >= 15 is 0 Å². The van der Waals surface area contributed by atoms with Crippen molar-refractivity contribution < 1.29 is 9.47 Å². The molecule has 0 fully saturated rings. The molecule has 2 aliphatic heterocycles. The lowest BCUT2D eigenvalue weighted by Gasteiger charge is -2.33. The van der Waals surface area contributed by atoms with E-state index in [1.54, 1.807) is 0 Å². The van der Waals surface area contributed by atoms with Crippen molar-refractivity contribution in [2.24, 2.45) is 0 Å². The van der Waals surface area contributed by atoms with Crippen LogP contribution in [0, 0.1) is 0 Å². The molecule has 1 spiro atoms. The molecule has 6 heterocycles. The molecule has 428 valence electrons. The van der Waals surface area contributed by atoms with Gasteiger partial charge < -0.3 is 18.6 Å². The van der Waals surface area contributed by atoms with E-state index in [0.717, 1.165) is 78.5 Å². The van der Waals surface area contributed by atoms with Crippen LogP contribution in [0.5, 0.6) is 23.0 Å². The van der Waals surface area contributed by atoms with Crippen LogP contribution in [0.4, 0.5) is 0 Å². The van der Waals surface area contributed by atoms with Crippen molar-refractivity contribution in [1.82, 2.24) is 9.13 Å². The van der Waals surface area contributed by atoms with Gasteiger partial charge in [-0.15, -0.1) is 22.7 Å². The molecular weight excluding hydrogens is 1170 g/mol. The maximum atomic E-state index is 7.62. The van der Waals surface area contributed by atoms with Crippen molar-refractivity contribution >= 4 is 153 Å². The standard InChI is InChI=1S/C85H48B2N2O2S2/c1-3-19-49(20-4-1)86-65-27-11-15-31-73(65)90-81-67(86)43-41-63-77(81)59-47-51(88-69-29-13-7-25-57(69)79-71(88)45-37-55-53-23-9-17-33-75(53)92-83(55)79)35-39-61(59)85(63)62-40-36-52(89-70-30-14-8-26-58(70)80-72(89)46-38-56-54-24-10-18-34-76(54)93-84(56)80)48-60(62)78-64(85)42-44-68-82(78)91-74-32-16-12-28-66(74)87(68)50-21-5-2-6-22-50/h1-48H. The third-order valence-corrected chi connectivity index (χ3v) is 23.6. The van der Waals surface area contributed by atoms with Crippen LogP contribution >= 0.6 is 22.7 Å². The molecule has 4 aromatic heterocycles. The van der Waals surface area contributed by atoms with Gasteiger partial charge in [-0.3, -0.25) is 0 Å². The normalized spacial score (nSPS) is 13.8. The molecule has 0 amide bonds. The zero-order valence-corrected chi connectivity index (χ0v) is 51.5. The van der Waals surface area contributed by atoms with Gasteiger partial charge in [0.25, 0.3) is 13.4 Å². The van der Waals surface area contributed by atoms with Crippen molar-refractivity contribution in [3.8, 4) is 56.6 Å². The minimum absolute atomic E-state index is 0.0678. The van der Waals surface area contributed by atoms with Gasteiger partial charge in [-0.05, 0) is 128 Å². The molecule has 0 saturated heterocycles. The summed E-state index contributed by atoms with van der Waals surface area (Å²) in [6.45, 7) is -0.136. The molecule has 18 aromatic rings. The number of para-hydroxylation sites is 4. The van der Waals surface area contributed by atoms with Crippen LogP contribution in [0.3, 0.4) is 0 Å². The van der Waals surface area contributed by atoms with Crippen molar-refractivity contribution in [3.63, 3.8) is 0 Å². The molecule has 0 unspecified atom stereocenters. The lowest BCUT2D eigenvalue weighted by atomic mass is 9.35. The third kappa shape index (κ3) is 6.56. The van der Waals surface area contributed by atoms with Crippen LogP contribution in [0.2, 0.25) is 0 Å². The summed E-state index contributed by atoms with van der Waals surface area (Å²) in [5.74, 6) is 3.57. The minimum atomic E-state index is -0.824. The number of rotatable bonds is 4. The number of nitrogens with zero attached hydrogens (tertiary/aromatic N) is 2. The highest BCUT2D eigenvalue weighted by molar-refractivity contribution is 7.27. The Labute approximate surface area is 543 Å². The Morgan fingerprint density at radius 3 is 1.17 bits per heavy atom. The van der Waals surface area contributed by atoms with E-state index in [9.17, 15) is 0 Å². The van der Waals surface area contributed by atoms with Gasteiger partial charge in [0.1, 0.15) is 23.0 Å². The first-order chi connectivity index (χ1) is 46.2. The summed E-state index contributed by atoms with van der Waals surface area (Å²) in [6.07, 6.45) is 0. The van der Waals surface area contributed by atoms with E-state index in [1.807, 2.05) is 22.7 Å². The van der Waals surface area contributed by atoms with Gasteiger partial charge in [-0.2, -0.15) is 0 Å². The van der Waals surface area contributed by atoms with Gasteiger partial charge in [0.05, 0.1) is 27.5 Å². The summed E-state index contributed by atoms with van der Waals surface area (Å²) >= 11 is 3.80. The second-order valence-corrected chi connectivity index (χ2v) is 27.7. The van der Waals surface area contributed by atoms with Crippen LogP contribution in [-0.4, -0.2) is 22.6 Å². The highest BCUT2D eigenvalue weighted by Crippen LogP contribution is 2.66. The van der Waals surface area contributed by atoms with Gasteiger partial charge in [-0.1, -0.05) is 229 Å². The summed E-state index contributed by atoms with van der Waals surface area (Å²) < 4.78 is 25.5. The largest absolute Gasteiger partial charge is 0.458 e. The molecule has 22 rings (SSSR count). The average Bonchev–Trinajstić information content (AvgIpc) is 1.50. The predicted octanol–water partition coefficient (Wildman–Crippen LogP) is 18.2. The maximum Gasteiger partial charge on any atom is 0.250 e. The number of hydrogen-bond acceptors (Lipinski definition) is 4. The Morgan fingerprint density at radius 2 is 0.699 bits per heavy atom. The first-order valence-corrected chi connectivity index (χ1v) is 33.7. The Kier molecular flexibility index (Phi) is 10.1. The van der Waals surface area contributed by atoms with Crippen molar-refractivity contribution in [1.29, 1.82) is 0 Å². The highest BCUT2D eigenvalue weighted by Gasteiger charge is 2.56. The maximum absolute atomic E-state index is 7.62. The van der Waals surface area contributed by atoms with Crippen LogP contribution in [0.15, 0.2) is 291 Å². The van der Waals surface area contributed by atoms with Crippen molar-refractivity contribution in [2.75, 3.05) is 0 Å². The van der Waals surface area contributed by atoms with Crippen molar-refractivity contribution in [3.05, 3.63) is 313 Å². The molecule has 14 aromatic carbocycles. The first kappa shape index (κ1) is 50.6. The zero-order chi connectivity index (χ0) is 60.4. The summed E-state index contributed by atoms with van der Waals surface area (Å²) in [6, 6.07) is 109. The van der Waals surface area contributed by atoms with E-state index in [1.165, 1.54) is 117 Å². The van der Waals surface area contributed by atoms with Gasteiger partial charge >= 0.3 is 0 Å². The van der Waals surface area contributed by atoms with E-state index in [4.69, 9.17) is 9.47 Å². The van der Waals surface area contributed by atoms with Crippen molar-refractivity contribution in [2.45, 2.75) is 5.41 Å². The Morgan fingerprint density at radius 1 is 0.301 bits per heavy atom. The lowest BCUT2D eigenvalue weighted by molar-refractivity contribution is 0.488. The van der Waals surface area contributed by atoms with Gasteiger partial charge in [0.15, 0.2) is 0 Å². The number of fused-ring (bicyclic) bond motifs is 30. The van der Waals surface area contributed by atoms with E-state index < -0.39 is 5.41 Å². The summed E-state index contributed by atoms with van der Waals surface area (Å²) in [5, 5.41) is 10.3. The SMILES string of the molecule is c1ccc(B2c3ccccc3Oc3c2ccc2c3-c3cc(-n4c5ccccc5c5c6sc7ccccc7c6ccc54)ccc3C23c2ccc(-n4c5ccccc5c5c6sc7ccccc7c6ccc54)cc2-c2c3ccc3c2Oc2ccccc2B3c2ccccc2)cc1. The molecular formula is C85H48B2N2O2S2. The zero-order valence-electron chi connectivity index (χ0n) is 49.9. The van der Waals surface area contributed by atoms with Gasteiger partial charge in [0, 0.05) is 84.4 Å². The second kappa shape index (κ2) is 18.5. The molecule has 4 aliphatic rings. The van der Waals surface area contributed by atoms with E-state index in [0.29, 0.717) is 0 Å². The fourth-order valence-electron chi connectivity index (χ4n) is 17.5. The molecule has 2 aliphatic carbocycles. The molecule has 0 saturated carbocycles. The predicted molar refractivity (Wildman–Crippen MR) is 392 cm³/mol. The summed E-state index contributed by atoms with van der Waals surface area (Å²) in [7, 11) is 0. The number of thiophene rings is 2. The minimum Gasteiger partial charge on any atom is -0.458 e. The smallest absolute Gasteiger partial charge is 0.250 e. The molecule has 93 heavy (non-hydrogen) atoms. The lowest BCUT2D eigenvalue weighted by Crippen LogP contribution is -2.55. The number of benzene rings is 14. The van der Waals surface area contributed by atoms with E-state index in [2.05, 4.69) is 300 Å². The molecule has 0 bridgehead atoms. The Balaban J connectivity index is 0.860. The monoisotopic (exact) mass is 1210 g/mol. The third-order valence-electron chi connectivity index (χ3n) is 21.2. The quantitative estimate of drug-likeness (QED) is 0.164. The van der Waals surface area contributed by atoms with Crippen LogP contribution in [0.1, 0.15) is 22.3 Å². The Bertz CT molecular complexity index is 5970. The highest BCUT2D eigenvalue weighted by atomic mass is 32.1. The fourth-order valence-corrected chi connectivity index (χ4v) is 20.0. The fraction of sp³-hybridized carbons (Fsp3) is 0.0118. The van der Waals surface area contributed by atoms with E-state index in [-0.39, 0.29) is 13.4 Å². The molecule has 0 N–H and O–H groups in total. The van der Waals surface area contributed by atoms with Crippen LogP contribution in [-0.2, 0) is 5.41 Å². The van der Waals surface area contributed by atoms with Crippen LogP contribution in [0.25, 0.3) is 118 Å². The van der Waals surface area contributed by atoms with Crippen LogP contribution < -0.4 is 42.3 Å². The first-order valence-electron chi connectivity index (χ1n) is 32.1. The molecule has 4 nitrogen and oxygen atoms in total. The number of hydrogen-bond donors (Lipinski definition) is 0. The topological polar surface area (TPSA) is 28.3 Å². The Hall–Kier alpha value is -11.2. The number of aromatic nitrogens is 2. The molecule has 8 heteroatoms. The van der Waals surface area contributed by atoms with Gasteiger partial charge in [-0.25, -0.2) is 0 Å². The van der Waals surface area contributed by atoms with Gasteiger partial charge in [0.2, 0.25) is 0 Å². The molecule has 0 radical (unpaired) electrons. The summed E-state index contributed by atoms with van der Waals surface area (Å²) in [4.78, 5) is 0. The average molecular weight is 1220 g/mol. The summed E-state index contributed by atoms with van der Waals surface area (Å²) in [5.41, 5.74) is 22.6. The molecule has 0 atom stereocenters. The second-order valence-electron chi connectivity index (χ2n) is 25.6. The number of ether oxygens (including phenoxy) is 2.